The van der Waals surface area contributed by atoms with E-state index in [-0.39, 0.29) is 5.91 Å². The zero-order valence-corrected chi connectivity index (χ0v) is 11.0. The molecular formula is C15H17N3O2. The number of nitrogens with zero attached hydrogens (tertiary/aromatic N) is 1. The fraction of sp³-hybridized carbons (Fsp3) is 0.333. The Kier molecular flexibility index (Phi) is 3.52. The number of H-pyrrole nitrogens is 1. The highest BCUT2D eigenvalue weighted by Crippen LogP contribution is 2.32. The minimum atomic E-state index is -0.435. The van der Waals surface area contributed by atoms with Gasteiger partial charge in [-0.2, -0.15) is 5.10 Å². The van der Waals surface area contributed by atoms with E-state index < -0.39 is 6.10 Å². The second kappa shape index (κ2) is 5.46. The van der Waals surface area contributed by atoms with Gasteiger partial charge in [-0.15, -0.1) is 0 Å². The summed E-state index contributed by atoms with van der Waals surface area (Å²) in [6.07, 6.45) is 1.67. The van der Waals surface area contributed by atoms with Gasteiger partial charge >= 0.3 is 0 Å². The van der Waals surface area contributed by atoms with Gasteiger partial charge in [0.15, 0.2) is 0 Å². The van der Waals surface area contributed by atoms with Crippen LogP contribution in [0.5, 0.6) is 0 Å². The van der Waals surface area contributed by atoms with Crippen molar-refractivity contribution in [3.8, 4) is 11.3 Å². The van der Waals surface area contributed by atoms with Crippen LogP contribution in [0.2, 0.25) is 0 Å². The van der Waals surface area contributed by atoms with Crippen LogP contribution in [0.15, 0.2) is 36.4 Å². The van der Waals surface area contributed by atoms with Gasteiger partial charge in [0.05, 0.1) is 11.8 Å². The first-order valence-electron chi connectivity index (χ1n) is 6.81. The molecule has 1 unspecified atom stereocenters. The summed E-state index contributed by atoms with van der Waals surface area (Å²) in [7, 11) is 0. The fourth-order valence-corrected chi connectivity index (χ4v) is 2.13. The van der Waals surface area contributed by atoms with Gasteiger partial charge in [-0.3, -0.25) is 9.89 Å². The summed E-state index contributed by atoms with van der Waals surface area (Å²) in [4.78, 5) is 11.9. The van der Waals surface area contributed by atoms with Crippen molar-refractivity contribution < 1.29 is 9.90 Å². The number of carbonyl (C=O) groups is 1. The molecule has 0 bridgehead atoms. The lowest BCUT2D eigenvalue weighted by Gasteiger charge is -2.09. The van der Waals surface area contributed by atoms with E-state index in [0.717, 1.165) is 24.1 Å². The van der Waals surface area contributed by atoms with Crippen LogP contribution < -0.4 is 5.32 Å². The number of hydrogen-bond acceptors (Lipinski definition) is 3. The number of benzene rings is 1. The molecule has 2 aromatic rings. The van der Waals surface area contributed by atoms with E-state index in [1.54, 1.807) is 6.07 Å². The highest BCUT2D eigenvalue weighted by atomic mass is 16.3. The monoisotopic (exact) mass is 271 g/mol. The quantitative estimate of drug-likeness (QED) is 0.772. The zero-order valence-electron chi connectivity index (χ0n) is 11.0. The van der Waals surface area contributed by atoms with E-state index in [1.165, 1.54) is 0 Å². The topological polar surface area (TPSA) is 78.0 Å². The van der Waals surface area contributed by atoms with Gasteiger partial charge in [0.2, 0.25) is 0 Å². The average molecular weight is 271 g/mol. The van der Waals surface area contributed by atoms with E-state index >= 15 is 0 Å². The summed E-state index contributed by atoms with van der Waals surface area (Å²) in [6.45, 7) is 0.295. The Hall–Kier alpha value is -2.14. The number of rotatable bonds is 5. The normalized spacial score (nSPS) is 15.8. The lowest BCUT2D eigenvalue weighted by atomic mass is 10.1. The maximum absolute atomic E-state index is 11.9. The number of aliphatic hydroxyl groups is 1. The predicted octanol–water partition coefficient (Wildman–Crippen LogP) is 1.58. The van der Waals surface area contributed by atoms with Gasteiger partial charge in [-0.05, 0) is 24.8 Å². The van der Waals surface area contributed by atoms with Crippen molar-refractivity contribution in [3.63, 3.8) is 0 Å². The van der Waals surface area contributed by atoms with E-state index in [1.807, 2.05) is 30.3 Å². The van der Waals surface area contributed by atoms with E-state index in [9.17, 15) is 9.90 Å². The highest BCUT2D eigenvalue weighted by Gasteiger charge is 2.29. The Morgan fingerprint density at radius 2 is 2.15 bits per heavy atom. The van der Waals surface area contributed by atoms with Crippen LogP contribution in [0.3, 0.4) is 0 Å². The van der Waals surface area contributed by atoms with Crippen LogP contribution in [0, 0.1) is 5.92 Å². The van der Waals surface area contributed by atoms with Crippen molar-refractivity contribution >= 4 is 5.91 Å². The average Bonchev–Trinajstić information content (AvgIpc) is 3.22. The zero-order chi connectivity index (χ0) is 13.9. The van der Waals surface area contributed by atoms with Crippen LogP contribution in [0.25, 0.3) is 11.3 Å². The molecule has 20 heavy (non-hydrogen) atoms. The summed E-state index contributed by atoms with van der Waals surface area (Å²) < 4.78 is 0. The predicted molar refractivity (Wildman–Crippen MR) is 75.1 cm³/mol. The van der Waals surface area contributed by atoms with E-state index in [2.05, 4.69) is 15.5 Å². The summed E-state index contributed by atoms with van der Waals surface area (Å²) in [5.41, 5.74) is 2.10. The first kappa shape index (κ1) is 12.9. The molecular weight excluding hydrogens is 254 g/mol. The molecule has 0 spiro atoms. The standard InChI is InChI=1S/C15H17N3O2/c19-14(11-6-7-11)9-16-15(20)13-8-12(17-18-13)10-4-2-1-3-5-10/h1-5,8,11,14,19H,6-7,9H2,(H,16,20)(H,17,18). The highest BCUT2D eigenvalue weighted by molar-refractivity contribution is 5.93. The molecule has 104 valence electrons. The molecule has 1 heterocycles. The van der Waals surface area contributed by atoms with Gasteiger partial charge in [0.25, 0.3) is 5.91 Å². The van der Waals surface area contributed by atoms with Gasteiger partial charge in [0, 0.05) is 12.1 Å². The SMILES string of the molecule is O=C(NCC(O)C1CC1)c1cc(-c2ccccc2)n[nH]1. The summed E-state index contributed by atoms with van der Waals surface area (Å²) in [5.74, 6) is 0.122. The largest absolute Gasteiger partial charge is 0.391 e. The molecule has 1 fully saturated rings. The van der Waals surface area contributed by atoms with Crippen molar-refractivity contribution in [3.05, 3.63) is 42.1 Å². The number of aliphatic hydroxyl groups excluding tert-OH is 1. The molecule has 0 saturated heterocycles. The summed E-state index contributed by atoms with van der Waals surface area (Å²) in [6, 6.07) is 11.4. The Balaban J connectivity index is 1.62. The molecule has 1 aromatic heterocycles. The molecule has 3 N–H and O–H groups in total. The smallest absolute Gasteiger partial charge is 0.269 e. The lowest BCUT2D eigenvalue weighted by molar-refractivity contribution is 0.0896. The first-order valence-corrected chi connectivity index (χ1v) is 6.81. The van der Waals surface area contributed by atoms with Crippen molar-refractivity contribution in [2.75, 3.05) is 6.54 Å². The second-order valence-electron chi connectivity index (χ2n) is 5.15. The molecule has 1 saturated carbocycles. The van der Waals surface area contributed by atoms with Crippen molar-refractivity contribution in [1.82, 2.24) is 15.5 Å². The Labute approximate surface area is 117 Å². The van der Waals surface area contributed by atoms with E-state index in [4.69, 9.17) is 0 Å². The minimum Gasteiger partial charge on any atom is -0.391 e. The Morgan fingerprint density at radius 1 is 1.40 bits per heavy atom. The minimum absolute atomic E-state index is 0.237. The Bertz CT molecular complexity index is 590. The lowest BCUT2D eigenvalue weighted by Crippen LogP contribution is -2.33. The van der Waals surface area contributed by atoms with Crippen LogP contribution >= 0.6 is 0 Å². The third kappa shape index (κ3) is 2.88. The molecule has 3 rings (SSSR count). The molecule has 0 radical (unpaired) electrons. The van der Waals surface area contributed by atoms with Gasteiger partial charge in [0.1, 0.15) is 5.69 Å². The molecule has 0 aliphatic heterocycles. The van der Waals surface area contributed by atoms with Crippen molar-refractivity contribution in [2.24, 2.45) is 5.92 Å². The number of amides is 1. The third-order valence-corrected chi connectivity index (χ3v) is 3.53. The molecule has 5 nitrogen and oxygen atoms in total. The fourth-order valence-electron chi connectivity index (χ4n) is 2.13. The van der Waals surface area contributed by atoms with Crippen molar-refractivity contribution in [2.45, 2.75) is 18.9 Å². The van der Waals surface area contributed by atoms with Crippen molar-refractivity contribution in [1.29, 1.82) is 0 Å². The van der Waals surface area contributed by atoms with Crippen LogP contribution in [0.1, 0.15) is 23.3 Å². The number of aromatic amines is 1. The van der Waals surface area contributed by atoms with Crippen LogP contribution in [0.4, 0.5) is 0 Å². The maximum atomic E-state index is 11.9. The molecule has 1 amide bonds. The number of carbonyl (C=O) groups excluding carboxylic acids is 1. The van der Waals surface area contributed by atoms with Crippen LogP contribution in [-0.2, 0) is 0 Å². The third-order valence-electron chi connectivity index (χ3n) is 3.53. The molecule has 1 aromatic carbocycles. The molecule has 1 atom stereocenters. The van der Waals surface area contributed by atoms with Crippen LogP contribution in [-0.4, -0.2) is 33.9 Å². The van der Waals surface area contributed by atoms with E-state index in [0.29, 0.717) is 18.2 Å². The summed E-state index contributed by atoms with van der Waals surface area (Å²) in [5, 5.41) is 19.3. The molecule has 1 aliphatic carbocycles. The maximum Gasteiger partial charge on any atom is 0.269 e. The molecule has 1 aliphatic rings. The second-order valence-corrected chi connectivity index (χ2v) is 5.15. The van der Waals surface area contributed by atoms with Gasteiger partial charge in [-0.1, -0.05) is 30.3 Å². The van der Waals surface area contributed by atoms with Gasteiger partial charge in [-0.25, -0.2) is 0 Å². The number of aromatic nitrogens is 2. The molecule has 5 heteroatoms. The summed E-state index contributed by atoms with van der Waals surface area (Å²) >= 11 is 0. The Morgan fingerprint density at radius 3 is 2.85 bits per heavy atom. The van der Waals surface area contributed by atoms with Gasteiger partial charge < -0.3 is 10.4 Å². The number of nitrogens with one attached hydrogen (secondary N) is 2. The first-order chi connectivity index (χ1) is 9.74. The number of hydrogen-bond donors (Lipinski definition) is 3.